The lowest BCUT2D eigenvalue weighted by Crippen LogP contribution is -2.44. The van der Waals surface area contributed by atoms with Gasteiger partial charge in [-0.25, -0.2) is 0 Å². The van der Waals surface area contributed by atoms with E-state index < -0.39 is 17.4 Å². The zero-order valence-corrected chi connectivity index (χ0v) is 14.1. The fourth-order valence-corrected chi connectivity index (χ4v) is 3.23. The van der Waals surface area contributed by atoms with Crippen molar-refractivity contribution < 1.29 is 28.3 Å². The Morgan fingerprint density at radius 3 is 2.36 bits per heavy atom. The summed E-state index contributed by atoms with van der Waals surface area (Å²) in [6, 6.07) is 6.40. The number of ketones is 1. The molecule has 2 aromatic rings. The van der Waals surface area contributed by atoms with Crippen molar-refractivity contribution in [2.24, 2.45) is 0 Å². The molecule has 0 saturated heterocycles. The van der Waals surface area contributed by atoms with E-state index in [0.717, 1.165) is 0 Å². The molecule has 7 heteroatoms. The van der Waals surface area contributed by atoms with Crippen LogP contribution in [-0.4, -0.2) is 35.5 Å². The lowest BCUT2D eigenvalue weighted by Gasteiger charge is -2.23. The Bertz CT molecular complexity index is 784. The predicted molar refractivity (Wildman–Crippen MR) is 86.1 cm³/mol. The zero-order chi connectivity index (χ0) is 18.0. The van der Waals surface area contributed by atoms with Crippen molar-refractivity contribution in [1.82, 2.24) is 4.57 Å². The second kappa shape index (κ2) is 6.58. The summed E-state index contributed by atoms with van der Waals surface area (Å²) in [4.78, 5) is 37.8. The fraction of sp³-hybridized carbons (Fsp3) is 0.389. The number of esters is 2. The van der Waals surface area contributed by atoms with E-state index in [-0.39, 0.29) is 31.2 Å². The number of rotatable bonds is 6. The molecular formula is C18H19NO6. The number of ether oxygens (including phenoxy) is 2. The standard InChI is InChI=1S/C18H19NO6/c1-3-23-16(21)18(17(22)24-4-2)9-10-19-12(7-8-14(18)19)15(20)13-6-5-11-25-13/h5-8,11H,3-4,9-10H2,1-2H3. The number of furan rings is 1. The molecule has 1 aliphatic heterocycles. The van der Waals surface area contributed by atoms with Gasteiger partial charge in [-0.05, 0) is 44.5 Å². The second-order valence-electron chi connectivity index (χ2n) is 5.66. The number of carbonyl (C=O) groups is 3. The van der Waals surface area contributed by atoms with Crippen LogP contribution >= 0.6 is 0 Å². The van der Waals surface area contributed by atoms with Gasteiger partial charge in [0.05, 0.1) is 25.2 Å². The molecule has 0 atom stereocenters. The van der Waals surface area contributed by atoms with Crippen molar-refractivity contribution in [3.8, 4) is 0 Å². The molecule has 25 heavy (non-hydrogen) atoms. The van der Waals surface area contributed by atoms with E-state index in [2.05, 4.69) is 0 Å². The summed E-state index contributed by atoms with van der Waals surface area (Å²) >= 11 is 0. The summed E-state index contributed by atoms with van der Waals surface area (Å²) < 4.78 is 17.1. The third-order valence-corrected chi connectivity index (χ3v) is 4.35. The number of hydrogen-bond acceptors (Lipinski definition) is 6. The molecule has 2 aromatic heterocycles. The number of aromatic nitrogens is 1. The molecule has 3 heterocycles. The molecule has 7 nitrogen and oxygen atoms in total. The highest BCUT2D eigenvalue weighted by Crippen LogP contribution is 2.39. The lowest BCUT2D eigenvalue weighted by molar-refractivity contribution is -0.164. The number of carbonyl (C=O) groups excluding carboxylic acids is 3. The maximum Gasteiger partial charge on any atom is 0.329 e. The van der Waals surface area contributed by atoms with Gasteiger partial charge in [0.1, 0.15) is 0 Å². The first kappa shape index (κ1) is 17.0. The molecule has 0 N–H and O–H groups in total. The highest BCUT2D eigenvalue weighted by Gasteiger charge is 2.55. The van der Waals surface area contributed by atoms with Crippen LogP contribution in [0.2, 0.25) is 0 Å². The molecule has 0 aliphatic carbocycles. The summed E-state index contributed by atoms with van der Waals surface area (Å²) in [6.45, 7) is 3.99. The number of nitrogens with zero attached hydrogens (tertiary/aromatic N) is 1. The number of hydrogen-bond donors (Lipinski definition) is 0. The molecular weight excluding hydrogens is 326 g/mol. The fourth-order valence-electron chi connectivity index (χ4n) is 3.23. The topological polar surface area (TPSA) is 87.7 Å². The molecule has 0 saturated carbocycles. The van der Waals surface area contributed by atoms with Crippen molar-refractivity contribution in [2.45, 2.75) is 32.2 Å². The van der Waals surface area contributed by atoms with E-state index in [9.17, 15) is 14.4 Å². The van der Waals surface area contributed by atoms with E-state index >= 15 is 0 Å². The first-order chi connectivity index (χ1) is 12.1. The summed E-state index contributed by atoms with van der Waals surface area (Å²) in [7, 11) is 0. The first-order valence-corrected chi connectivity index (χ1v) is 8.19. The Morgan fingerprint density at radius 2 is 1.80 bits per heavy atom. The van der Waals surface area contributed by atoms with Crippen molar-refractivity contribution in [3.05, 3.63) is 47.7 Å². The summed E-state index contributed by atoms with van der Waals surface area (Å²) in [6.07, 6.45) is 1.61. The van der Waals surface area contributed by atoms with Gasteiger partial charge in [-0.2, -0.15) is 0 Å². The molecule has 0 bridgehead atoms. The monoisotopic (exact) mass is 345 g/mol. The van der Waals surface area contributed by atoms with Crippen molar-refractivity contribution >= 4 is 17.7 Å². The summed E-state index contributed by atoms with van der Waals surface area (Å²) in [5.41, 5.74) is -0.756. The minimum absolute atomic E-state index is 0.152. The van der Waals surface area contributed by atoms with Crippen molar-refractivity contribution in [1.29, 1.82) is 0 Å². The Labute approximate surface area is 144 Å². The van der Waals surface area contributed by atoms with Gasteiger partial charge in [-0.1, -0.05) is 0 Å². The number of fused-ring (bicyclic) bond motifs is 1. The van der Waals surface area contributed by atoms with Crippen LogP contribution in [-0.2, 0) is 31.0 Å². The van der Waals surface area contributed by atoms with Crippen LogP contribution in [0.4, 0.5) is 0 Å². The molecule has 0 radical (unpaired) electrons. The molecule has 3 rings (SSSR count). The van der Waals surface area contributed by atoms with Crippen LogP contribution in [0.15, 0.2) is 34.9 Å². The average molecular weight is 345 g/mol. The Morgan fingerprint density at radius 1 is 1.12 bits per heavy atom. The van der Waals surface area contributed by atoms with Gasteiger partial charge in [-0.3, -0.25) is 14.4 Å². The molecule has 132 valence electrons. The Kier molecular flexibility index (Phi) is 4.48. The van der Waals surface area contributed by atoms with Gasteiger partial charge in [-0.15, -0.1) is 0 Å². The minimum Gasteiger partial charge on any atom is -0.465 e. The predicted octanol–water partition coefficient (Wildman–Crippen LogP) is 2.08. The Hall–Kier alpha value is -2.83. The molecule has 0 amide bonds. The second-order valence-corrected chi connectivity index (χ2v) is 5.66. The van der Waals surface area contributed by atoms with Crippen molar-refractivity contribution in [3.63, 3.8) is 0 Å². The molecule has 0 aromatic carbocycles. The minimum atomic E-state index is -1.53. The smallest absolute Gasteiger partial charge is 0.329 e. The van der Waals surface area contributed by atoms with Crippen LogP contribution in [0.3, 0.4) is 0 Å². The van der Waals surface area contributed by atoms with E-state index in [4.69, 9.17) is 13.9 Å². The zero-order valence-electron chi connectivity index (χ0n) is 14.1. The van der Waals surface area contributed by atoms with Crippen LogP contribution in [0.5, 0.6) is 0 Å². The first-order valence-electron chi connectivity index (χ1n) is 8.19. The lowest BCUT2D eigenvalue weighted by atomic mass is 9.83. The van der Waals surface area contributed by atoms with Crippen LogP contribution in [0.1, 0.15) is 42.2 Å². The summed E-state index contributed by atoms with van der Waals surface area (Å²) in [5, 5.41) is 0. The van der Waals surface area contributed by atoms with Gasteiger partial charge >= 0.3 is 11.9 Å². The van der Waals surface area contributed by atoms with Gasteiger partial charge in [0, 0.05) is 12.2 Å². The van der Waals surface area contributed by atoms with Gasteiger partial charge in [0.15, 0.2) is 5.76 Å². The van der Waals surface area contributed by atoms with Gasteiger partial charge in [0.25, 0.3) is 0 Å². The Balaban J connectivity index is 2.05. The SMILES string of the molecule is CCOC(=O)C1(C(=O)OCC)CCn2c(C(=O)c3ccco3)ccc21. The largest absolute Gasteiger partial charge is 0.465 e. The average Bonchev–Trinajstić information content (AvgIpc) is 3.31. The van der Waals surface area contributed by atoms with Gasteiger partial charge < -0.3 is 18.5 Å². The maximum atomic E-state index is 12.6. The van der Waals surface area contributed by atoms with Crippen LogP contribution in [0, 0.1) is 0 Å². The highest BCUT2D eigenvalue weighted by molar-refractivity contribution is 6.09. The van der Waals surface area contributed by atoms with E-state index in [1.165, 1.54) is 6.26 Å². The molecule has 0 unspecified atom stereocenters. The molecule has 0 spiro atoms. The van der Waals surface area contributed by atoms with Crippen molar-refractivity contribution in [2.75, 3.05) is 13.2 Å². The third kappa shape index (κ3) is 2.56. The van der Waals surface area contributed by atoms with E-state index in [1.807, 2.05) is 0 Å². The maximum absolute atomic E-state index is 12.6. The molecule has 1 aliphatic rings. The van der Waals surface area contributed by atoms with E-state index in [0.29, 0.717) is 17.9 Å². The van der Waals surface area contributed by atoms with Crippen LogP contribution < -0.4 is 0 Å². The quantitative estimate of drug-likeness (QED) is 0.452. The third-order valence-electron chi connectivity index (χ3n) is 4.35. The molecule has 0 fully saturated rings. The van der Waals surface area contributed by atoms with E-state index in [1.54, 1.807) is 42.7 Å². The normalized spacial score (nSPS) is 14.8. The van der Waals surface area contributed by atoms with Gasteiger partial charge in [0.2, 0.25) is 11.2 Å². The summed E-state index contributed by atoms with van der Waals surface area (Å²) in [5.74, 6) is -1.41. The van der Waals surface area contributed by atoms with Crippen LogP contribution in [0.25, 0.3) is 0 Å². The highest BCUT2D eigenvalue weighted by atomic mass is 16.6.